The second-order valence-electron chi connectivity index (χ2n) is 3.62. The van der Waals surface area contributed by atoms with Gasteiger partial charge in [-0.3, -0.25) is 9.05 Å². The molecule has 0 heterocycles. The van der Waals surface area contributed by atoms with E-state index in [1.807, 2.05) is 13.8 Å². The summed E-state index contributed by atoms with van der Waals surface area (Å²) in [5.74, 6) is 0.118. The van der Waals surface area contributed by atoms with Crippen LogP contribution in [0.2, 0.25) is 0 Å². The Morgan fingerprint density at radius 3 is 2.31 bits per heavy atom. The highest BCUT2D eigenvalue weighted by Crippen LogP contribution is 2.57. The first-order chi connectivity index (χ1) is 7.08. The second-order valence-corrected chi connectivity index (χ2v) is 9.23. The fourth-order valence-electron chi connectivity index (χ4n) is 0.522. The quantitative estimate of drug-likeness (QED) is 0.450. The number of alkyl halides is 4. The maximum absolute atomic E-state index is 11.5. The van der Waals surface area contributed by atoms with Crippen LogP contribution in [0.4, 0.5) is 0 Å². The molecule has 0 aliphatic rings. The molecule has 0 aromatic carbocycles. The molecule has 1 unspecified atom stereocenters. The van der Waals surface area contributed by atoms with Crippen LogP contribution in [-0.4, -0.2) is 26.1 Å². The SMILES string of the molecule is CC(C)(CBr)C(Br)(Br)OP(=O)(O)OCCCl. The normalized spacial score (nSPS) is 17.2. The Hall–Kier alpha value is 1.84. The smallest absolute Gasteiger partial charge is 0.302 e. The minimum atomic E-state index is -4.14. The molecule has 1 N–H and O–H groups in total. The van der Waals surface area contributed by atoms with E-state index in [0.717, 1.165) is 0 Å². The van der Waals surface area contributed by atoms with Gasteiger partial charge in [-0.1, -0.05) is 29.8 Å². The monoisotopic (exact) mass is 464 g/mol. The van der Waals surface area contributed by atoms with Crippen LogP contribution in [0, 0.1) is 5.41 Å². The van der Waals surface area contributed by atoms with Crippen LogP contribution >= 0.6 is 67.2 Å². The fourth-order valence-corrected chi connectivity index (χ4v) is 4.14. The second kappa shape index (κ2) is 6.85. The van der Waals surface area contributed by atoms with Crippen LogP contribution in [0.5, 0.6) is 0 Å². The highest BCUT2D eigenvalue weighted by molar-refractivity contribution is 9.25. The molecule has 1 atom stereocenters. The molecular formula is C7H13Br3ClO4P. The Morgan fingerprint density at radius 2 is 1.94 bits per heavy atom. The van der Waals surface area contributed by atoms with E-state index in [4.69, 9.17) is 16.1 Å². The van der Waals surface area contributed by atoms with E-state index in [-0.39, 0.29) is 12.5 Å². The van der Waals surface area contributed by atoms with E-state index < -0.39 is 16.7 Å². The Labute approximate surface area is 125 Å². The van der Waals surface area contributed by atoms with Gasteiger partial charge in [0, 0.05) is 16.6 Å². The van der Waals surface area contributed by atoms with Crippen LogP contribution < -0.4 is 0 Å². The van der Waals surface area contributed by atoms with Crippen molar-refractivity contribution in [2.24, 2.45) is 5.41 Å². The first-order valence-corrected chi connectivity index (χ1v) is 8.99. The lowest BCUT2D eigenvalue weighted by Gasteiger charge is -2.36. The van der Waals surface area contributed by atoms with Crippen molar-refractivity contribution in [3.05, 3.63) is 0 Å². The molecule has 0 saturated heterocycles. The summed E-state index contributed by atoms with van der Waals surface area (Å²) >= 11 is 15.1. The van der Waals surface area contributed by atoms with Crippen molar-refractivity contribution in [1.29, 1.82) is 0 Å². The third kappa shape index (κ3) is 5.65. The summed E-state index contributed by atoms with van der Waals surface area (Å²) < 4.78 is 20.0. The van der Waals surface area contributed by atoms with Gasteiger partial charge in [-0.15, -0.1) is 11.6 Å². The fraction of sp³-hybridized carbons (Fsp3) is 1.00. The van der Waals surface area contributed by atoms with Gasteiger partial charge in [-0.05, 0) is 31.9 Å². The summed E-state index contributed by atoms with van der Waals surface area (Å²) in [4.78, 5) is 9.42. The summed E-state index contributed by atoms with van der Waals surface area (Å²) in [7, 11) is -4.14. The summed E-state index contributed by atoms with van der Waals surface area (Å²) in [5, 5.41) is 0.548. The lowest BCUT2D eigenvalue weighted by molar-refractivity contribution is 0.0860. The lowest BCUT2D eigenvalue weighted by atomic mass is 9.98. The number of hydrogen-bond acceptors (Lipinski definition) is 3. The van der Waals surface area contributed by atoms with Crippen molar-refractivity contribution in [3.8, 4) is 0 Å². The van der Waals surface area contributed by atoms with Crippen molar-refractivity contribution < 1.29 is 18.5 Å². The molecule has 0 aliphatic carbocycles. The molecule has 0 saturated carbocycles. The molecule has 98 valence electrons. The highest BCUT2D eigenvalue weighted by Gasteiger charge is 2.46. The van der Waals surface area contributed by atoms with Crippen LogP contribution in [0.15, 0.2) is 0 Å². The van der Waals surface area contributed by atoms with Crippen molar-refractivity contribution in [2.45, 2.75) is 17.3 Å². The van der Waals surface area contributed by atoms with Crippen LogP contribution in [0.25, 0.3) is 0 Å². The van der Waals surface area contributed by atoms with Gasteiger partial charge in [0.15, 0.2) is 3.42 Å². The Bertz CT molecular complexity index is 274. The molecule has 0 aromatic rings. The molecule has 0 rings (SSSR count). The van der Waals surface area contributed by atoms with Crippen molar-refractivity contribution in [2.75, 3.05) is 17.8 Å². The number of phosphoric acid groups is 1. The van der Waals surface area contributed by atoms with Crippen molar-refractivity contribution >= 4 is 67.2 Å². The average Bonchev–Trinajstić information content (AvgIpc) is 2.13. The van der Waals surface area contributed by atoms with Crippen LogP contribution in [0.3, 0.4) is 0 Å². The molecule has 4 nitrogen and oxygen atoms in total. The summed E-state index contributed by atoms with van der Waals surface area (Å²) in [5.41, 5.74) is -0.476. The third-order valence-electron chi connectivity index (χ3n) is 1.68. The molecule has 9 heteroatoms. The predicted octanol–water partition coefficient (Wildman–Crippen LogP) is 4.22. The maximum atomic E-state index is 11.5. The van der Waals surface area contributed by atoms with Crippen molar-refractivity contribution in [3.63, 3.8) is 0 Å². The van der Waals surface area contributed by atoms with E-state index in [0.29, 0.717) is 5.33 Å². The van der Waals surface area contributed by atoms with E-state index in [9.17, 15) is 9.46 Å². The molecular weight excluding hydrogens is 454 g/mol. The standard InChI is InChI=1S/C7H13Br3ClO4P/c1-6(2,5-8)7(9,10)15-16(12,13)14-4-3-11/h3-5H2,1-2H3,(H,12,13). The van der Waals surface area contributed by atoms with E-state index in [2.05, 4.69) is 52.3 Å². The van der Waals surface area contributed by atoms with Crippen molar-refractivity contribution in [1.82, 2.24) is 0 Å². The summed E-state index contributed by atoms with van der Waals surface area (Å²) in [6, 6.07) is 0. The van der Waals surface area contributed by atoms with Gasteiger partial charge in [-0.25, -0.2) is 4.57 Å². The van der Waals surface area contributed by atoms with Gasteiger partial charge in [0.2, 0.25) is 0 Å². The van der Waals surface area contributed by atoms with Gasteiger partial charge in [0.25, 0.3) is 0 Å². The molecule has 0 radical (unpaired) electrons. The molecule has 0 fully saturated rings. The van der Waals surface area contributed by atoms with Gasteiger partial charge in [0.05, 0.1) is 6.61 Å². The summed E-state index contributed by atoms with van der Waals surface area (Å²) in [6.45, 7) is 3.62. The third-order valence-corrected chi connectivity index (χ3v) is 7.22. The van der Waals surface area contributed by atoms with Gasteiger partial charge in [0.1, 0.15) is 0 Å². The number of rotatable bonds is 7. The van der Waals surface area contributed by atoms with Gasteiger partial charge in [-0.2, -0.15) is 0 Å². The van der Waals surface area contributed by atoms with E-state index in [1.54, 1.807) is 0 Å². The summed E-state index contributed by atoms with van der Waals surface area (Å²) in [6.07, 6.45) is 0. The largest absolute Gasteiger partial charge is 0.474 e. The van der Waals surface area contributed by atoms with Crippen LogP contribution in [0.1, 0.15) is 13.8 Å². The molecule has 0 aromatic heterocycles. The van der Waals surface area contributed by atoms with Gasteiger partial charge >= 0.3 is 7.82 Å². The molecule has 0 aliphatic heterocycles. The van der Waals surface area contributed by atoms with Crippen LogP contribution in [-0.2, 0) is 13.6 Å². The molecule has 0 bridgehead atoms. The predicted molar refractivity (Wildman–Crippen MR) is 75.7 cm³/mol. The number of phosphoric ester groups is 1. The van der Waals surface area contributed by atoms with Gasteiger partial charge < -0.3 is 4.89 Å². The van der Waals surface area contributed by atoms with E-state index >= 15 is 0 Å². The zero-order chi connectivity index (χ0) is 13.0. The first-order valence-electron chi connectivity index (χ1n) is 4.26. The Morgan fingerprint density at radius 1 is 1.44 bits per heavy atom. The lowest BCUT2D eigenvalue weighted by Crippen LogP contribution is -2.36. The zero-order valence-electron chi connectivity index (χ0n) is 8.75. The number of halogens is 4. The molecule has 0 spiro atoms. The molecule has 16 heavy (non-hydrogen) atoms. The maximum Gasteiger partial charge on any atom is 0.474 e. The first kappa shape index (κ1) is 17.8. The minimum absolute atomic E-state index is 0.0554. The number of hydrogen-bond donors (Lipinski definition) is 1. The Balaban J connectivity index is 4.63. The topological polar surface area (TPSA) is 55.8 Å². The molecule has 0 amide bonds. The Kier molecular flexibility index (Phi) is 7.64. The average molecular weight is 467 g/mol. The van der Waals surface area contributed by atoms with E-state index in [1.165, 1.54) is 0 Å². The highest BCUT2D eigenvalue weighted by atomic mass is 79.9. The zero-order valence-corrected chi connectivity index (χ0v) is 15.2. The minimum Gasteiger partial charge on any atom is -0.302 e.